The number of halogens is 3. The molecule has 0 aromatic heterocycles. The summed E-state index contributed by atoms with van der Waals surface area (Å²) in [7, 11) is 0. The zero-order valence-corrected chi connectivity index (χ0v) is 9.43. The standard InChI is InChI=1S/C10H17F3N2O2/c11-10(12,13)6-15-5-7-1-3-8(4-2-7)17-9(14)16/h7-8,15H,1-6H2,(H2,14,16)/t7-,8-. The van der Waals surface area contributed by atoms with Crippen LogP contribution in [0.3, 0.4) is 0 Å². The van der Waals surface area contributed by atoms with Crippen molar-refractivity contribution in [2.45, 2.75) is 38.0 Å². The first-order valence-corrected chi connectivity index (χ1v) is 5.60. The van der Waals surface area contributed by atoms with Crippen LogP contribution in [0, 0.1) is 5.92 Å². The smallest absolute Gasteiger partial charge is 0.404 e. The summed E-state index contributed by atoms with van der Waals surface area (Å²) in [6.45, 7) is -0.604. The van der Waals surface area contributed by atoms with Crippen molar-refractivity contribution in [2.75, 3.05) is 13.1 Å². The molecule has 100 valence electrons. The minimum atomic E-state index is -4.16. The molecular formula is C10H17F3N2O2. The van der Waals surface area contributed by atoms with E-state index in [0.29, 0.717) is 19.4 Å². The predicted octanol–water partition coefficient (Wildman–Crippen LogP) is 1.79. The highest BCUT2D eigenvalue weighted by Gasteiger charge is 2.28. The van der Waals surface area contributed by atoms with E-state index in [1.807, 2.05) is 0 Å². The van der Waals surface area contributed by atoms with Crippen LogP contribution in [0.4, 0.5) is 18.0 Å². The molecule has 17 heavy (non-hydrogen) atoms. The normalized spacial score (nSPS) is 25.6. The third-order valence-corrected chi connectivity index (χ3v) is 2.84. The van der Waals surface area contributed by atoms with Crippen LogP contribution in [0.25, 0.3) is 0 Å². The maximum Gasteiger partial charge on any atom is 0.404 e. The molecule has 0 heterocycles. The van der Waals surface area contributed by atoms with E-state index in [9.17, 15) is 18.0 Å². The van der Waals surface area contributed by atoms with Gasteiger partial charge in [0.2, 0.25) is 0 Å². The Kier molecular flexibility index (Phi) is 5.04. The van der Waals surface area contributed by atoms with Crippen LogP contribution in [-0.4, -0.2) is 31.5 Å². The second-order valence-corrected chi connectivity index (χ2v) is 4.33. The summed E-state index contributed by atoms with van der Waals surface area (Å²) in [5.74, 6) is 0.213. The van der Waals surface area contributed by atoms with E-state index in [4.69, 9.17) is 10.5 Å². The molecule has 0 aromatic carbocycles. The minimum Gasteiger partial charge on any atom is -0.446 e. The lowest BCUT2D eigenvalue weighted by Crippen LogP contribution is -2.35. The lowest BCUT2D eigenvalue weighted by Gasteiger charge is -2.28. The number of amides is 1. The van der Waals surface area contributed by atoms with Gasteiger partial charge in [-0.2, -0.15) is 13.2 Å². The van der Waals surface area contributed by atoms with Crippen LogP contribution in [0.1, 0.15) is 25.7 Å². The van der Waals surface area contributed by atoms with Gasteiger partial charge < -0.3 is 15.8 Å². The van der Waals surface area contributed by atoms with Gasteiger partial charge in [0, 0.05) is 0 Å². The fourth-order valence-electron chi connectivity index (χ4n) is 2.04. The van der Waals surface area contributed by atoms with Gasteiger partial charge >= 0.3 is 12.3 Å². The molecule has 1 aliphatic carbocycles. The van der Waals surface area contributed by atoms with Crippen LogP contribution in [0.5, 0.6) is 0 Å². The number of hydrogen-bond acceptors (Lipinski definition) is 3. The van der Waals surface area contributed by atoms with Crippen molar-refractivity contribution in [3.05, 3.63) is 0 Å². The van der Waals surface area contributed by atoms with Crippen molar-refractivity contribution < 1.29 is 22.7 Å². The molecule has 0 spiro atoms. The second kappa shape index (κ2) is 6.09. The van der Waals surface area contributed by atoms with E-state index in [-0.39, 0.29) is 12.0 Å². The van der Waals surface area contributed by atoms with E-state index < -0.39 is 18.8 Å². The van der Waals surface area contributed by atoms with Crippen LogP contribution >= 0.6 is 0 Å². The number of primary amides is 1. The summed E-state index contributed by atoms with van der Waals surface area (Å²) in [4.78, 5) is 10.5. The van der Waals surface area contributed by atoms with E-state index in [1.165, 1.54) is 0 Å². The Labute approximate surface area is 97.7 Å². The molecule has 1 aliphatic rings. The second-order valence-electron chi connectivity index (χ2n) is 4.33. The summed E-state index contributed by atoms with van der Waals surface area (Å²) >= 11 is 0. The van der Waals surface area contributed by atoms with Gasteiger partial charge in [0.25, 0.3) is 0 Å². The zero-order valence-electron chi connectivity index (χ0n) is 9.43. The number of nitrogens with two attached hydrogens (primary N) is 1. The Hall–Kier alpha value is -0.980. The first-order chi connectivity index (χ1) is 7.87. The van der Waals surface area contributed by atoms with Gasteiger partial charge in [-0.1, -0.05) is 0 Å². The quantitative estimate of drug-likeness (QED) is 0.804. The van der Waals surface area contributed by atoms with Gasteiger partial charge in [0.1, 0.15) is 6.10 Å². The monoisotopic (exact) mass is 254 g/mol. The third kappa shape index (κ3) is 6.35. The van der Waals surface area contributed by atoms with Crippen molar-refractivity contribution in [2.24, 2.45) is 11.7 Å². The van der Waals surface area contributed by atoms with Crippen molar-refractivity contribution in [1.82, 2.24) is 5.32 Å². The Morgan fingerprint density at radius 1 is 1.29 bits per heavy atom. The van der Waals surface area contributed by atoms with E-state index in [0.717, 1.165) is 12.8 Å². The zero-order chi connectivity index (χ0) is 12.9. The molecule has 0 bridgehead atoms. The molecule has 1 saturated carbocycles. The van der Waals surface area contributed by atoms with Gasteiger partial charge in [-0.3, -0.25) is 0 Å². The highest BCUT2D eigenvalue weighted by atomic mass is 19.4. The Morgan fingerprint density at radius 3 is 2.35 bits per heavy atom. The van der Waals surface area contributed by atoms with Crippen LogP contribution in [0.2, 0.25) is 0 Å². The number of nitrogens with one attached hydrogen (secondary N) is 1. The topological polar surface area (TPSA) is 64.4 Å². The summed E-state index contributed by atoms with van der Waals surface area (Å²) < 4.78 is 40.5. The number of ether oxygens (including phenoxy) is 1. The first kappa shape index (κ1) is 14.1. The average Bonchev–Trinajstić information content (AvgIpc) is 2.18. The molecule has 0 aliphatic heterocycles. The van der Waals surface area contributed by atoms with E-state index >= 15 is 0 Å². The number of rotatable bonds is 4. The molecule has 3 N–H and O–H groups in total. The van der Waals surface area contributed by atoms with Gasteiger partial charge in [0.15, 0.2) is 0 Å². The van der Waals surface area contributed by atoms with Gasteiger partial charge in [-0.25, -0.2) is 4.79 Å². The molecule has 0 aromatic rings. The molecular weight excluding hydrogens is 237 g/mol. The maximum atomic E-state index is 11.9. The summed E-state index contributed by atoms with van der Waals surface area (Å²) in [5, 5.41) is 2.39. The number of hydrogen-bond donors (Lipinski definition) is 2. The van der Waals surface area contributed by atoms with E-state index in [2.05, 4.69) is 5.32 Å². The van der Waals surface area contributed by atoms with E-state index in [1.54, 1.807) is 0 Å². The summed E-state index contributed by atoms with van der Waals surface area (Å²) in [6.07, 6.45) is -2.28. The SMILES string of the molecule is NC(=O)O[C@H]1CC[C@H](CNCC(F)(F)F)CC1. The lowest BCUT2D eigenvalue weighted by atomic mass is 9.87. The summed E-state index contributed by atoms with van der Waals surface area (Å²) in [6, 6.07) is 0. The van der Waals surface area contributed by atoms with Crippen LogP contribution in [0.15, 0.2) is 0 Å². The number of alkyl halides is 3. The van der Waals surface area contributed by atoms with Crippen molar-refractivity contribution in [3.63, 3.8) is 0 Å². The van der Waals surface area contributed by atoms with Crippen molar-refractivity contribution >= 4 is 6.09 Å². The average molecular weight is 254 g/mol. The Bertz CT molecular complexity index is 250. The minimum absolute atomic E-state index is 0.175. The molecule has 0 radical (unpaired) electrons. The maximum absolute atomic E-state index is 11.9. The lowest BCUT2D eigenvalue weighted by molar-refractivity contribution is -0.125. The molecule has 1 fully saturated rings. The van der Waals surface area contributed by atoms with Gasteiger partial charge in [0.05, 0.1) is 6.54 Å². The molecule has 0 saturated heterocycles. The first-order valence-electron chi connectivity index (χ1n) is 5.60. The summed E-state index contributed by atoms with van der Waals surface area (Å²) in [5.41, 5.74) is 4.89. The molecule has 4 nitrogen and oxygen atoms in total. The van der Waals surface area contributed by atoms with Crippen LogP contribution in [-0.2, 0) is 4.74 Å². The molecule has 0 unspecified atom stereocenters. The molecule has 1 rings (SSSR count). The Balaban J connectivity index is 2.13. The fourth-order valence-corrected chi connectivity index (χ4v) is 2.04. The predicted molar refractivity (Wildman–Crippen MR) is 55.3 cm³/mol. The van der Waals surface area contributed by atoms with Gasteiger partial charge in [-0.05, 0) is 38.1 Å². The highest BCUT2D eigenvalue weighted by Crippen LogP contribution is 2.25. The number of carbonyl (C=O) groups excluding carboxylic acids is 1. The highest BCUT2D eigenvalue weighted by molar-refractivity contribution is 5.64. The largest absolute Gasteiger partial charge is 0.446 e. The molecule has 1 amide bonds. The fraction of sp³-hybridized carbons (Fsp3) is 0.900. The third-order valence-electron chi connectivity index (χ3n) is 2.84. The molecule has 0 atom stereocenters. The number of carbonyl (C=O) groups is 1. The van der Waals surface area contributed by atoms with Crippen LogP contribution < -0.4 is 11.1 Å². The van der Waals surface area contributed by atoms with Gasteiger partial charge in [-0.15, -0.1) is 0 Å². The Morgan fingerprint density at radius 2 is 1.88 bits per heavy atom. The van der Waals surface area contributed by atoms with Crippen molar-refractivity contribution in [3.8, 4) is 0 Å². The molecule has 7 heteroatoms. The van der Waals surface area contributed by atoms with Crippen molar-refractivity contribution in [1.29, 1.82) is 0 Å².